The van der Waals surface area contributed by atoms with E-state index < -0.39 is 0 Å². The summed E-state index contributed by atoms with van der Waals surface area (Å²) in [6.07, 6.45) is 0. The Bertz CT molecular complexity index is 1170. The van der Waals surface area contributed by atoms with Crippen LogP contribution in [0, 0.1) is 6.92 Å². The van der Waals surface area contributed by atoms with Gasteiger partial charge < -0.3 is 18.9 Å². The van der Waals surface area contributed by atoms with Crippen LogP contribution in [0.4, 0.5) is 0 Å². The minimum absolute atomic E-state index is 0.178. The maximum Gasteiger partial charge on any atom is 0.225 e. The Balaban J connectivity index is 1.59. The topological polar surface area (TPSA) is 104 Å². The number of hydrogen-bond acceptors (Lipinski definition) is 8. The second-order valence-corrected chi connectivity index (χ2v) is 6.40. The smallest absolute Gasteiger partial charge is 0.225 e. The molecule has 154 valence electrons. The van der Waals surface area contributed by atoms with Crippen LogP contribution in [0.5, 0.6) is 23.1 Å². The van der Waals surface area contributed by atoms with Gasteiger partial charge in [-0.3, -0.25) is 5.10 Å². The summed E-state index contributed by atoms with van der Waals surface area (Å²) >= 11 is 0. The third-order valence-corrected chi connectivity index (χ3v) is 4.48. The maximum atomic E-state index is 5.91. The highest BCUT2D eigenvalue weighted by molar-refractivity contribution is 5.83. The van der Waals surface area contributed by atoms with Crippen LogP contribution in [0.1, 0.15) is 11.6 Å². The Hall–Kier alpha value is -3.88. The number of nitrogens with zero attached hydrogens (tertiary/aromatic N) is 4. The summed E-state index contributed by atoms with van der Waals surface area (Å²) < 4.78 is 22.1. The number of aryl methyl sites for hydroxylation is 1. The minimum atomic E-state index is 0.178. The molecule has 9 heteroatoms. The lowest BCUT2D eigenvalue weighted by Gasteiger charge is -2.12. The van der Waals surface area contributed by atoms with Crippen LogP contribution in [0.3, 0.4) is 0 Å². The molecule has 2 aromatic carbocycles. The highest BCUT2D eigenvalue weighted by atomic mass is 16.5. The lowest BCUT2D eigenvalue weighted by atomic mass is 10.1. The number of nitrogens with one attached hydrogen (secondary N) is 1. The average Bonchev–Trinajstić information content (AvgIpc) is 3.25. The van der Waals surface area contributed by atoms with Crippen LogP contribution in [0.15, 0.2) is 36.4 Å². The highest BCUT2D eigenvalue weighted by Gasteiger charge is 2.17. The molecule has 0 spiro atoms. The molecule has 1 N–H and O–H groups in total. The first kappa shape index (κ1) is 19.4. The van der Waals surface area contributed by atoms with Crippen molar-refractivity contribution in [2.45, 2.75) is 13.5 Å². The molecule has 4 rings (SSSR count). The molecular weight excluding hydrogens is 386 g/mol. The van der Waals surface area contributed by atoms with Gasteiger partial charge in [-0.05, 0) is 31.2 Å². The first-order chi connectivity index (χ1) is 14.6. The van der Waals surface area contributed by atoms with Gasteiger partial charge in [0.15, 0.2) is 23.1 Å². The van der Waals surface area contributed by atoms with Gasteiger partial charge in [0.05, 0.1) is 32.2 Å². The van der Waals surface area contributed by atoms with Gasteiger partial charge in [0.25, 0.3) is 0 Å². The standard InChI is InChI=1S/C21H21N5O4/c1-12-22-15-8-6-5-7-14(15)21(23-12)30-11-18-24-20(26-25-18)13-9-16(27-2)19(29-4)17(10-13)28-3/h5-10H,11H2,1-4H3,(H,24,25,26). The van der Waals surface area contributed by atoms with E-state index in [9.17, 15) is 0 Å². The molecule has 0 unspecified atom stereocenters. The average molecular weight is 407 g/mol. The second kappa shape index (κ2) is 8.24. The van der Waals surface area contributed by atoms with Crippen LogP contribution in [-0.4, -0.2) is 46.5 Å². The highest BCUT2D eigenvalue weighted by Crippen LogP contribution is 2.40. The molecule has 0 aliphatic heterocycles. The van der Waals surface area contributed by atoms with Crippen molar-refractivity contribution < 1.29 is 18.9 Å². The SMILES string of the molecule is COc1cc(-c2n[nH]c(COc3nc(C)nc4ccccc34)n2)cc(OC)c1OC. The van der Waals surface area contributed by atoms with Crippen LogP contribution < -0.4 is 18.9 Å². The molecule has 0 aliphatic carbocycles. The third kappa shape index (κ3) is 3.69. The van der Waals surface area contributed by atoms with Crippen molar-refractivity contribution in [1.29, 1.82) is 0 Å². The van der Waals surface area contributed by atoms with Crippen molar-refractivity contribution in [3.8, 4) is 34.5 Å². The Morgan fingerprint density at radius 2 is 1.63 bits per heavy atom. The molecule has 4 aromatic rings. The number of fused-ring (bicyclic) bond motifs is 1. The number of H-pyrrole nitrogens is 1. The van der Waals surface area contributed by atoms with Crippen molar-refractivity contribution in [2.75, 3.05) is 21.3 Å². The Morgan fingerprint density at radius 3 is 2.33 bits per heavy atom. The molecule has 0 fully saturated rings. The number of aromatic amines is 1. The van der Waals surface area contributed by atoms with E-state index in [2.05, 4.69) is 25.1 Å². The predicted molar refractivity (Wildman–Crippen MR) is 110 cm³/mol. The van der Waals surface area contributed by atoms with Gasteiger partial charge in [-0.2, -0.15) is 10.1 Å². The van der Waals surface area contributed by atoms with Crippen LogP contribution in [-0.2, 0) is 6.61 Å². The molecule has 0 radical (unpaired) electrons. The lowest BCUT2D eigenvalue weighted by Crippen LogP contribution is -2.02. The molecular formula is C21H21N5O4. The first-order valence-corrected chi connectivity index (χ1v) is 9.20. The molecule has 9 nitrogen and oxygen atoms in total. The number of methoxy groups -OCH3 is 3. The van der Waals surface area contributed by atoms with Crippen molar-refractivity contribution in [3.05, 3.63) is 48.0 Å². The summed E-state index contributed by atoms with van der Waals surface area (Å²) in [5.41, 5.74) is 1.55. The zero-order valence-corrected chi connectivity index (χ0v) is 17.1. The Kier molecular flexibility index (Phi) is 5.34. The fourth-order valence-corrected chi connectivity index (χ4v) is 3.10. The predicted octanol–water partition coefficient (Wildman–Crippen LogP) is 3.33. The van der Waals surface area contributed by atoms with E-state index in [0.29, 0.717) is 40.6 Å². The summed E-state index contributed by atoms with van der Waals surface area (Å²) in [6, 6.07) is 11.3. The van der Waals surface area contributed by atoms with E-state index in [0.717, 1.165) is 16.5 Å². The molecule has 2 aromatic heterocycles. The second-order valence-electron chi connectivity index (χ2n) is 6.40. The molecule has 0 atom stereocenters. The van der Waals surface area contributed by atoms with Crippen LogP contribution in [0.2, 0.25) is 0 Å². The summed E-state index contributed by atoms with van der Waals surface area (Å²) in [7, 11) is 4.68. The van der Waals surface area contributed by atoms with Crippen molar-refractivity contribution in [1.82, 2.24) is 25.1 Å². The van der Waals surface area contributed by atoms with Gasteiger partial charge >= 0.3 is 0 Å². The zero-order chi connectivity index (χ0) is 21.1. The third-order valence-electron chi connectivity index (χ3n) is 4.48. The summed E-state index contributed by atoms with van der Waals surface area (Å²) in [6.45, 7) is 2.01. The number of ether oxygens (including phenoxy) is 4. The molecule has 0 aliphatic rings. The van der Waals surface area contributed by atoms with E-state index in [1.165, 1.54) is 0 Å². The Labute approximate surface area is 173 Å². The van der Waals surface area contributed by atoms with E-state index in [4.69, 9.17) is 18.9 Å². The molecule has 0 saturated carbocycles. The summed E-state index contributed by atoms with van der Waals surface area (Å²) in [5.74, 6) is 3.74. The normalized spacial score (nSPS) is 10.8. The summed E-state index contributed by atoms with van der Waals surface area (Å²) in [4.78, 5) is 13.3. The quantitative estimate of drug-likeness (QED) is 0.497. The zero-order valence-electron chi connectivity index (χ0n) is 17.1. The van der Waals surface area contributed by atoms with Crippen molar-refractivity contribution in [2.24, 2.45) is 0 Å². The van der Waals surface area contributed by atoms with Crippen molar-refractivity contribution in [3.63, 3.8) is 0 Å². The minimum Gasteiger partial charge on any atom is -0.493 e. The number of aromatic nitrogens is 5. The van der Waals surface area contributed by atoms with Gasteiger partial charge in [-0.15, -0.1) is 0 Å². The maximum absolute atomic E-state index is 5.91. The molecule has 0 amide bonds. The largest absolute Gasteiger partial charge is 0.493 e. The first-order valence-electron chi connectivity index (χ1n) is 9.20. The monoisotopic (exact) mass is 407 g/mol. The molecule has 2 heterocycles. The van der Waals surface area contributed by atoms with E-state index >= 15 is 0 Å². The molecule has 0 bridgehead atoms. The number of rotatable bonds is 7. The van der Waals surface area contributed by atoms with E-state index in [1.807, 2.05) is 31.2 Å². The lowest BCUT2D eigenvalue weighted by molar-refractivity contribution is 0.287. The van der Waals surface area contributed by atoms with Gasteiger partial charge in [0, 0.05) is 5.56 Å². The number of hydrogen-bond donors (Lipinski definition) is 1. The Morgan fingerprint density at radius 1 is 0.900 bits per heavy atom. The number of para-hydroxylation sites is 1. The molecule has 30 heavy (non-hydrogen) atoms. The van der Waals surface area contributed by atoms with Gasteiger partial charge in [0.1, 0.15) is 12.4 Å². The van der Waals surface area contributed by atoms with Gasteiger partial charge in [0.2, 0.25) is 11.6 Å². The van der Waals surface area contributed by atoms with E-state index in [1.54, 1.807) is 33.5 Å². The summed E-state index contributed by atoms with van der Waals surface area (Å²) in [5, 5.41) is 8.02. The number of benzene rings is 2. The van der Waals surface area contributed by atoms with Gasteiger partial charge in [-0.25, -0.2) is 9.97 Å². The van der Waals surface area contributed by atoms with Gasteiger partial charge in [-0.1, -0.05) is 12.1 Å². The van der Waals surface area contributed by atoms with E-state index in [-0.39, 0.29) is 6.61 Å². The van der Waals surface area contributed by atoms with Crippen molar-refractivity contribution >= 4 is 10.9 Å². The fourth-order valence-electron chi connectivity index (χ4n) is 3.10. The molecule has 0 saturated heterocycles. The van der Waals surface area contributed by atoms with Crippen LogP contribution in [0.25, 0.3) is 22.3 Å². The van der Waals surface area contributed by atoms with Crippen LogP contribution >= 0.6 is 0 Å². The fraction of sp³-hybridized carbons (Fsp3) is 0.238.